The van der Waals surface area contributed by atoms with Gasteiger partial charge in [0.1, 0.15) is 28.8 Å². The molecule has 0 aliphatic heterocycles. The summed E-state index contributed by atoms with van der Waals surface area (Å²) in [6.45, 7) is 3.84. The number of nitrogens with one attached hydrogen (secondary N) is 3. The fourth-order valence-corrected chi connectivity index (χ4v) is 4.30. The Morgan fingerprint density at radius 1 is 0.750 bits per heavy atom. The Morgan fingerprint density at radius 2 is 1.50 bits per heavy atom. The van der Waals surface area contributed by atoms with Crippen LogP contribution in [0.2, 0.25) is 0 Å². The molecule has 6 aromatic rings. The number of hydrogen-bond donors (Lipinski definition) is 3. The lowest BCUT2D eigenvalue weighted by Crippen LogP contribution is -2.11. The van der Waals surface area contributed by atoms with Crippen LogP contribution in [-0.2, 0) is 0 Å². The van der Waals surface area contributed by atoms with Crippen LogP contribution < -0.4 is 16.0 Å². The van der Waals surface area contributed by atoms with Crippen molar-refractivity contribution in [3.8, 4) is 11.3 Å². The number of pyridine rings is 1. The zero-order valence-corrected chi connectivity index (χ0v) is 21.8. The number of amides is 1. The van der Waals surface area contributed by atoms with Crippen molar-refractivity contribution in [1.82, 2.24) is 20.1 Å². The molecule has 0 saturated carbocycles. The summed E-state index contributed by atoms with van der Waals surface area (Å²) in [5, 5.41) is 14.4. The van der Waals surface area contributed by atoms with Crippen LogP contribution in [0, 0.1) is 13.8 Å². The number of nitrogens with zero attached hydrogens (tertiary/aromatic N) is 4. The fraction of sp³-hybridized carbons (Fsp3) is 0.0645. The van der Waals surface area contributed by atoms with E-state index in [2.05, 4.69) is 36.1 Å². The third-order valence-corrected chi connectivity index (χ3v) is 6.20. The van der Waals surface area contributed by atoms with Gasteiger partial charge < -0.3 is 20.5 Å². The standard InChI is InChI=1S/C31H25N7O2/c1-19-14-15-32-27(16-19)37-29-18-28(33-20(2)34-29)35-23-9-11-24(12-10-23)36-31(39)22-8-13-26-25(17-22)30(40-38-26)21-6-4-3-5-7-21/h3-18H,1-2H3,(H,36,39)(H2,32,33,34,35,37). The summed E-state index contributed by atoms with van der Waals surface area (Å²) in [6, 6.07) is 28.1. The number of carbonyl (C=O) groups is 1. The van der Waals surface area contributed by atoms with Crippen molar-refractivity contribution in [1.29, 1.82) is 0 Å². The van der Waals surface area contributed by atoms with Gasteiger partial charge in [-0.1, -0.05) is 35.5 Å². The normalized spacial score (nSPS) is 10.8. The summed E-state index contributed by atoms with van der Waals surface area (Å²) >= 11 is 0. The molecule has 0 spiro atoms. The molecule has 0 bridgehead atoms. The molecule has 3 aromatic carbocycles. The average Bonchev–Trinajstić information content (AvgIpc) is 3.38. The summed E-state index contributed by atoms with van der Waals surface area (Å²) in [7, 11) is 0. The van der Waals surface area contributed by atoms with Crippen LogP contribution in [0.3, 0.4) is 0 Å². The molecule has 0 aliphatic carbocycles. The van der Waals surface area contributed by atoms with Crippen molar-refractivity contribution in [3.05, 3.63) is 114 Å². The van der Waals surface area contributed by atoms with E-state index in [4.69, 9.17) is 4.52 Å². The van der Waals surface area contributed by atoms with Gasteiger partial charge >= 0.3 is 0 Å². The largest absolute Gasteiger partial charge is 0.355 e. The summed E-state index contributed by atoms with van der Waals surface area (Å²) in [5.41, 5.74) is 4.68. The van der Waals surface area contributed by atoms with E-state index in [9.17, 15) is 4.79 Å². The van der Waals surface area contributed by atoms with E-state index in [0.29, 0.717) is 45.8 Å². The number of anilines is 5. The minimum absolute atomic E-state index is 0.227. The molecular formula is C31H25N7O2. The van der Waals surface area contributed by atoms with Gasteiger partial charge in [-0.25, -0.2) is 15.0 Å². The van der Waals surface area contributed by atoms with E-state index >= 15 is 0 Å². The quantitative estimate of drug-likeness (QED) is 0.202. The number of benzene rings is 3. The highest BCUT2D eigenvalue weighted by Crippen LogP contribution is 2.29. The van der Waals surface area contributed by atoms with E-state index in [1.54, 1.807) is 24.4 Å². The maximum Gasteiger partial charge on any atom is 0.255 e. The molecule has 0 atom stereocenters. The van der Waals surface area contributed by atoms with Gasteiger partial charge in [0.05, 0.1) is 5.39 Å². The number of hydrogen-bond acceptors (Lipinski definition) is 8. The van der Waals surface area contributed by atoms with Crippen molar-refractivity contribution < 1.29 is 9.32 Å². The molecule has 40 heavy (non-hydrogen) atoms. The number of fused-ring (bicyclic) bond motifs is 1. The molecule has 3 heterocycles. The minimum atomic E-state index is -0.227. The van der Waals surface area contributed by atoms with Crippen LogP contribution in [0.15, 0.2) is 102 Å². The highest BCUT2D eigenvalue weighted by molar-refractivity contribution is 6.07. The minimum Gasteiger partial charge on any atom is -0.355 e. The molecular weight excluding hydrogens is 502 g/mol. The Morgan fingerprint density at radius 3 is 2.27 bits per heavy atom. The first kappa shape index (κ1) is 24.7. The number of aryl methyl sites for hydroxylation is 2. The Balaban J connectivity index is 1.15. The Bertz CT molecular complexity index is 1820. The molecule has 0 aliphatic rings. The van der Waals surface area contributed by atoms with Crippen molar-refractivity contribution in [2.45, 2.75) is 13.8 Å². The summed E-state index contributed by atoms with van der Waals surface area (Å²) in [5.74, 6) is 3.00. The smallest absolute Gasteiger partial charge is 0.255 e. The van der Waals surface area contributed by atoms with Crippen LogP contribution >= 0.6 is 0 Å². The van der Waals surface area contributed by atoms with E-state index in [1.807, 2.05) is 86.6 Å². The molecule has 6 rings (SSSR count). The second-order valence-electron chi connectivity index (χ2n) is 9.30. The first-order valence-corrected chi connectivity index (χ1v) is 12.7. The molecule has 9 nitrogen and oxygen atoms in total. The average molecular weight is 528 g/mol. The molecule has 196 valence electrons. The van der Waals surface area contributed by atoms with Crippen LogP contribution in [0.25, 0.3) is 22.2 Å². The van der Waals surface area contributed by atoms with E-state index < -0.39 is 0 Å². The monoisotopic (exact) mass is 527 g/mol. The Hall–Kier alpha value is -5.57. The predicted molar refractivity (Wildman–Crippen MR) is 156 cm³/mol. The lowest BCUT2D eigenvalue weighted by Gasteiger charge is -2.11. The molecule has 3 N–H and O–H groups in total. The van der Waals surface area contributed by atoms with E-state index in [0.717, 1.165) is 22.2 Å². The molecule has 0 unspecified atom stereocenters. The Labute approximate surface area is 230 Å². The van der Waals surface area contributed by atoms with Crippen molar-refractivity contribution in [3.63, 3.8) is 0 Å². The Kier molecular flexibility index (Phi) is 6.60. The molecule has 0 fully saturated rings. The second kappa shape index (κ2) is 10.7. The lowest BCUT2D eigenvalue weighted by atomic mass is 10.1. The predicted octanol–water partition coefficient (Wildman–Crippen LogP) is 7.04. The van der Waals surface area contributed by atoms with Gasteiger partial charge in [0.15, 0.2) is 5.76 Å². The van der Waals surface area contributed by atoms with Gasteiger partial charge in [-0.05, 0) is 74.0 Å². The number of rotatable bonds is 7. The SMILES string of the molecule is Cc1ccnc(Nc2cc(Nc3ccc(NC(=O)c4ccc5noc(-c6ccccc6)c5c4)cc3)nc(C)n2)c1. The molecule has 3 aromatic heterocycles. The maximum absolute atomic E-state index is 13.0. The second-order valence-corrected chi connectivity index (χ2v) is 9.30. The number of carbonyl (C=O) groups excluding carboxylic acids is 1. The molecule has 0 saturated heterocycles. The third-order valence-electron chi connectivity index (χ3n) is 6.20. The third kappa shape index (κ3) is 5.48. The lowest BCUT2D eigenvalue weighted by molar-refractivity contribution is 0.102. The molecule has 9 heteroatoms. The van der Waals surface area contributed by atoms with Gasteiger partial charge in [0.2, 0.25) is 0 Å². The van der Waals surface area contributed by atoms with Gasteiger partial charge in [-0.3, -0.25) is 4.79 Å². The van der Waals surface area contributed by atoms with Crippen molar-refractivity contribution >= 4 is 45.6 Å². The van der Waals surface area contributed by atoms with Crippen LogP contribution in [0.1, 0.15) is 21.7 Å². The van der Waals surface area contributed by atoms with Gasteiger partial charge in [0.25, 0.3) is 5.91 Å². The van der Waals surface area contributed by atoms with Crippen LogP contribution in [0.5, 0.6) is 0 Å². The zero-order chi connectivity index (χ0) is 27.5. The molecule has 0 radical (unpaired) electrons. The van der Waals surface area contributed by atoms with Gasteiger partial charge in [-0.15, -0.1) is 0 Å². The highest BCUT2D eigenvalue weighted by atomic mass is 16.5. The fourth-order valence-electron chi connectivity index (χ4n) is 4.30. The van der Waals surface area contributed by atoms with E-state index in [1.165, 1.54) is 0 Å². The summed E-state index contributed by atoms with van der Waals surface area (Å²) in [4.78, 5) is 26.3. The highest BCUT2D eigenvalue weighted by Gasteiger charge is 2.14. The first-order valence-electron chi connectivity index (χ1n) is 12.7. The van der Waals surface area contributed by atoms with Gasteiger partial charge in [0, 0.05) is 34.8 Å². The summed E-state index contributed by atoms with van der Waals surface area (Å²) < 4.78 is 5.56. The van der Waals surface area contributed by atoms with Crippen LogP contribution in [0.4, 0.5) is 28.8 Å². The van der Waals surface area contributed by atoms with E-state index in [-0.39, 0.29) is 5.91 Å². The topological polar surface area (TPSA) is 118 Å². The molecule has 1 amide bonds. The van der Waals surface area contributed by atoms with Crippen molar-refractivity contribution in [2.24, 2.45) is 0 Å². The van der Waals surface area contributed by atoms with Crippen molar-refractivity contribution in [2.75, 3.05) is 16.0 Å². The van der Waals surface area contributed by atoms with Crippen LogP contribution in [-0.4, -0.2) is 26.0 Å². The number of aromatic nitrogens is 4. The maximum atomic E-state index is 13.0. The van der Waals surface area contributed by atoms with Gasteiger partial charge in [-0.2, -0.15) is 0 Å². The summed E-state index contributed by atoms with van der Waals surface area (Å²) in [6.07, 6.45) is 1.75. The zero-order valence-electron chi connectivity index (χ0n) is 21.8. The first-order chi connectivity index (χ1) is 19.5.